The summed E-state index contributed by atoms with van der Waals surface area (Å²) in [6.07, 6.45) is 0. The number of aromatic amines is 1. The zero-order valence-electron chi connectivity index (χ0n) is 15.5. The maximum Gasteiger partial charge on any atom is 0.209 e. The monoisotopic (exact) mass is 424 g/mol. The molecule has 2 aromatic carbocycles. The van der Waals surface area contributed by atoms with Crippen LogP contribution >= 0.6 is 15.9 Å². The first-order valence-electron chi connectivity index (χ1n) is 8.62. The van der Waals surface area contributed by atoms with Gasteiger partial charge in [0.05, 0.1) is 11.3 Å². The van der Waals surface area contributed by atoms with E-state index < -0.39 is 5.41 Å². The molecule has 0 fully saturated rings. The van der Waals surface area contributed by atoms with Gasteiger partial charge in [-0.3, -0.25) is 9.59 Å². The first kappa shape index (κ1) is 19.1. The SMILES string of the molecule is CC(C)(C)C(=O)c1c(N)[nH]c(C(=O)c2ccccc2)c1-c1ccc(Br)cc1. The van der Waals surface area contributed by atoms with Gasteiger partial charge in [-0.05, 0) is 17.7 Å². The van der Waals surface area contributed by atoms with Crippen LogP contribution in [0.25, 0.3) is 11.1 Å². The minimum absolute atomic E-state index is 0.110. The highest BCUT2D eigenvalue weighted by Gasteiger charge is 2.32. The fraction of sp³-hybridized carbons (Fsp3) is 0.182. The van der Waals surface area contributed by atoms with E-state index in [0.717, 1.165) is 10.0 Å². The molecule has 0 aliphatic carbocycles. The van der Waals surface area contributed by atoms with Gasteiger partial charge in [0, 0.05) is 21.0 Å². The molecule has 0 amide bonds. The van der Waals surface area contributed by atoms with Crippen LogP contribution in [-0.2, 0) is 0 Å². The summed E-state index contributed by atoms with van der Waals surface area (Å²) in [6, 6.07) is 16.4. The zero-order chi connectivity index (χ0) is 19.8. The predicted octanol–water partition coefficient (Wildman–Crippen LogP) is 5.49. The average Bonchev–Trinajstić information content (AvgIpc) is 2.98. The Kier molecular flexibility index (Phi) is 5.07. The summed E-state index contributed by atoms with van der Waals surface area (Å²) in [5.41, 5.74) is 8.09. The molecule has 3 rings (SSSR count). The van der Waals surface area contributed by atoms with E-state index in [2.05, 4.69) is 20.9 Å². The van der Waals surface area contributed by atoms with Crippen molar-refractivity contribution in [1.82, 2.24) is 4.98 Å². The highest BCUT2D eigenvalue weighted by molar-refractivity contribution is 9.10. The van der Waals surface area contributed by atoms with Crippen molar-refractivity contribution in [3.05, 3.63) is 75.9 Å². The molecule has 138 valence electrons. The quantitative estimate of drug-likeness (QED) is 0.543. The minimum Gasteiger partial charge on any atom is -0.385 e. The van der Waals surface area contributed by atoms with Gasteiger partial charge in [0.15, 0.2) is 5.78 Å². The van der Waals surface area contributed by atoms with Crippen LogP contribution in [0.2, 0.25) is 0 Å². The molecule has 0 saturated carbocycles. The smallest absolute Gasteiger partial charge is 0.209 e. The van der Waals surface area contributed by atoms with Crippen molar-refractivity contribution in [2.24, 2.45) is 5.41 Å². The number of nitrogen functional groups attached to an aromatic ring is 1. The number of nitrogens with two attached hydrogens (primary N) is 1. The Morgan fingerprint density at radius 3 is 2.11 bits per heavy atom. The summed E-state index contributed by atoms with van der Waals surface area (Å²) in [6.45, 7) is 5.52. The first-order valence-corrected chi connectivity index (χ1v) is 9.41. The van der Waals surface area contributed by atoms with Crippen LogP contribution in [0.5, 0.6) is 0 Å². The third kappa shape index (κ3) is 3.74. The second-order valence-corrected chi connectivity index (χ2v) is 8.36. The molecule has 1 heterocycles. The summed E-state index contributed by atoms with van der Waals surface area (Å²) in [5, 5.41) is 0. The molecule has 0 radical (unpaired) electrons. The molecule has 1 aromatic heterocycles. The number of halogens is 1. The fourth-order valence-corrected chi connectivity index (χ4v) is 3.20. The van der Waals surface area contributed by atoms with E-state index in [-0.39, 0.29) is 17.4 Å². The Hall–Kier alpha value is -2.66. The van der Waals surface area contributed by atoms with Crippen molar-refractivity contribution in [3.63, 3.8) is 0 Å². The lowest BCUT2D eigenvalue weighted by Crippen LogP contribution is -2.21. The summed E-state index contributed by atoms with van der Waals surface area (Å²) in [5.74, 6) is -0.0958. The van der Waals surface area contributed by atoms with E-state index in [4.69, 9.17) is 5.73 Å². The number of benzene rings is 2. The molecule has 0 bridgehead atoms. The third-order valence-electron chi connectivity index (χ3n) is 4.33. The Morgan fingerprint density at radius 2 is 1.56 bits per heavy atom. The van der Waals surface area contributed by atoms with Crippen LogP contribution in [0.3, 0.4) is 0 Å². The number of hydrogen-bond acceptors (Lipinski definition) is 3. The molecule has 5 heteroatoms. The molecule has 0 aliphatic rings. The van der Waals surface area contributed by atoms with Crippen LogP contribution in [-0.4, -0.2) is 16.6 Å². The maximum absolute atomic E-state index is 13.1. The van der Waals surface area contributed by atoms with E-state index in [0.29, 0.717) is 22.4 Å². The van der Waals surface area contributed by atoms with Crippen LogP contribution in [0.4, 0.5) is 5.82 Å². The van der Waals surface area contributed by atoms with Gasteiger partial charge in [-0.1, -0.05) is 79.2 Å². The summed E-state index contributed by atoms with van der Waals surface area (Å²) in [4.78, 5) is 29.2. The number of carbonyl (C=O) groups excluding carboxylic acids is 2. The highest BCUT2D eigenvalue weighted by atomic mass is 79.9. The predicted molar refractivity (Wildman–Crippen MR) is 112 cm³/mol. The van der Waals surface area contributed by atoms with Crippen molar-refractivity contribution >= 4 is 33.3 Å². The van der Waals surface area contributed by atoms with Crippen LogP contribution in [0, 0.1) is 5.41 Å². The molecular formula is C22H21BrN2O2. The second-order valence-electron chi connectivity index (χ2n) is 7.44. The molecule has 0 saturated heterocycles. The van der Waals surface area contributed by atoms with E-state index in [1.54, 1.807) is 24.3 Å². The molecule has 4 nitrogen and oxygen atoms in total. The fourth-order valence-electron chi connectivity index (χ4n) is 2.94. The van der Waals surface area contributed by atoms with Crippen molar-refractivity contribution < 1.29 is 9.59 Å². The van der Waals surface area contributed by atoms with Crippen LogP contribution < -0.4 is 5.73 Å². The zero-order valence-corrected chi connectivity index (χ0v) is 17.1. The normalized spacial score (nSPS) is 11.4. The van der Waals surface area contributed by atoms with Crippen molar-refractivity contribution in [2.75, 3.05) is 5.73 Å². The number of hydrogen-bond donors (Lipinski definition) is 2. The number of rotatable bonds is 4. The van der Waals surface area contributed by atoms with Gasteiger partial charge in [0.2, 0.25) is 5.78 Å². The molecule has 0 unspecified atom stereocenters. The Morgan fingerprint density at radius 1 is 0.963 bits per heavy atom. The molecule has 0 aliphatic heterocycles. The van der Waals surface area contributed by atoms with Crippen molar-refractivity contribution in [1.29, 1.82) is 0 Å². The van der Waals surface area contributed by atoms with E-state index >= 15 is 0 Å². The molecular weight excluding hydrogens is 404 g/mol. The van der Waals surface area contributed by atoms with Gasteiger partial charge < -0.3 is 10.7 Å². The van der Waals surface area contributed by atoms with E-state index in [9.17, 15) is 9.59 Å². The number of nitrogens with one attached hydrogen (secondary N) is 1. The van der Waals surface area contributed by atoms with E-state index in [1.807, 2.05) is 51.1 Å². The number of anilines is 1. The Balaban J connectivity index is 2.27. The van der Waals surface area contributed by atoms with Crippen LogP contribution in [0.1, 0.15) is 47.2 Å². The first-order chi connectivity index (χ1) is 12.7. The number of H-pyrrole nitrogens is 1. The second kappa shape index (κ2) is 7.16. The molecule has 0 spiro atoms. The third-order valence-corrected chi connectivity index (χ3v) is 4.86. The van der Waals surface area contributed by atoms with Crippen molar-refractivity contribution in [2.45, 2.75) is 20.8 Å². The van der Waals surface area contributed by atoms with Gasteiger partial charge in [-0.2, -0.15) is 0 Å². The maximum atomic E-state index is 13.1. The minimum atomic E-state index is -0.631. The number of aromatic nitrogens is 1. The lowest BCUT2D eigenvalue weighted by atomic mass is 9.83. The van der Waals surface area contributed by atoms with E-state index in [1.165, 1.54) is 0 Å². The average molecular weight is 425 g/mol. The van der Waals surface area contributed by atoms with Gasteiger partial charge in [-0.15, -0.1) is 0 Å². The summed E-state index contributed by atoms with van der Waals surface area (Å²) in [7, 11) is 0. The topological polar surface area (TPSA) is 76.0 Å². The Labute approximate surface area is 166 Å². The molecule has 0 atom stereocenters. The number of Topliss-reactive ketones (excluding diaryl/α,β-unsaturated/α-hetero) is 1. The van der Waals surface area contributed by atoms with Gasteiger partial charge in [0.25, 0.3) is 0 Å². The molecule has 27 heavy (non-hydrogen) atoms. The van der Waals surface area contributed by atoms with Crippen LogP contribution in [0.15, 0.2) is 59.1 Å². The summed E-state index contributed by atoms with van der Waals surface area (Å²) < 4.78 is 0.911. The standard InChI is InChI=1S/C22H21BrN2O2/c1-22(2,3)20(27)17-16(13-9-11-15(23)12-10-13)18(25-21(17)24)19(26)14-7-5-4-6-8-14/h4-12,25H,24H2,1-3H3. The van der Waals surface area contributed by atoms with Gasteiger partial charge in [-0.25, -0.2) is 0 Å². The number of carbonyl (C=O) groups is 2. The van der Waals surface area contributed by atoms with Crippen molar-refractivity contribution in [3.8, 4) is 11.1 Å². The molecule has 3 N–H and O–H groups in total. The highest BCUT2D eigenvalue weighted by Crippen LogP contribution is 2.37. The van der Waals surface area contributed by atoms with Gasteiger partial charge >= 0.3 is 0 Å². The largest absolute Gasteiger partial charge is 0.385 e. The Bertz CT molecular complexity index is 997. The summed E-state index contributed by atoms with van der Waals surface area (Å²) >= 11 is 3.42. The molecule has 3 aromatic rings. The number of ketones is 2. The lowest BCUT2D eigenvalue weighted by molar-refractivity contribution is 0.0860. The lowest BCUT2D eigenvalue weighted by Gasteiger charge is -2.18. The van der Waals surface area contributed by atoms with Gasteiger partial charge in [0.1, 0.15) is 5.82 Å².